The first kappa shape index (κ1) is 15.6. The predicted molar refractivity (Wildman–Crippen MR) is 94.8 cm³/mol. The number of hydrogen-bond donors (Lipinski definition) is 1. The topological polar surface area (TPSA) is 67.0 Å². The Labute approximate surface area is 140 Å². The monoisotopic (exact) mass is 316 g/mol. The third kappa shape index (κ3) is 3.38. The first-order valence-corrected chi connectivity index (χ1v) is 7.54. The van der Waals surface area contributed by atoms with E-state index < -0.39 is 0 Å². The number of carbonyl (C=O) groups excluding carboxylic acids is 1. The van der Waals surface area contributed by atoms with E-state index in [4.69, 9.17) is 9.83 Å². The second kappa shape index (κ2) is 6.87. The van der Waals surface area contributed by atoms with Gasteiger partial charge >= 0.3 is 0 Å². The smallest absolute Gasteiger partial charge is 0.220 e. The van der Waals surface area contributed by atoms with Crippen LogP contribution in [0.2, 0.25) is 0 Å². The lowest BCUT2D eigenvalue weighted by Crippen LogP contribution is -2.03. The van der Waals surface area contributed by atoms with E-state index in [1.54, 1.807) is 0 Å². The van der Waals surface area contributed by atoms with Crippen LogP contribution in [0.25, 0.3) is 28.7 Å². The van der Waals surface area contributed by atoms with E-state index in [1.165, 1.54) is 19.1 Å². The van der Waals surface area contributed by atoms with Crippen LogP contribution in [0.3, 0.4) is 0 Å². The Balaban J connectivity index is 2.07. The lowest BCUT2D eigenvalue weighted by Gasteiger charge is -2.00. The maximum absolute atomic E-state index is 11.6. The zero-order valence-corrected chi connectivity index (χ0v) is 13.2. The Morgan fingerprint density at radius 2 is 1.58 bits per heavy atom. The van der Waals surface area contributed by atoms with Crippen LogP contribution in [-0.4, -0.2) is 16.5 Å². The molecule has 1 N–H and O–H groups in total. The average molecular weight is 316 g/mol. The third-order valence-electron chi connectivity index (χ3n) is 3.47. The van der Waals surface area contributed by atoms with Gasteiger partial charge in [0.05, 0.1) is 5.71 Å². The number of allylic oxidation sites excluding steroid dienone is 1. The molecule has 0 bridgehead atoms. The lowest BCUT2D eigenvalue weighted by atomic mass is 10.1. The Morgan fingerprint density at radius 1 is 1.00 bits per heavy atom. The molecule has 1 aromatic heterocycles. The average Bonchev–Trinajstić information content (AvgIpc) is 3.05. The molecule has 0 amide bonds. The van der Waals surface area contributed by atoms with Gasteiger partial charge in [0.25, 0.3) is 0 Å². The molecule has 0 atom stereocenters. The van der Waals surface area contributed by atoms with Gasteiger partial charge in [-0.1, -0.05) is 60.7 Å². The number of carbonyl (C=O) groups is 1. The molecule has 0 radical (unpaired) electrons. The maximum Gasteiger partial charge on any atom is 0.220 e. The standard InChI is InChI=1S/C20H16N2O2/c1-14(21)17(23)12-13-18-22-19(15-8-4-2-5-9-15)20(24-18)16-10-6-3-7-11-16/h2-13,21H,1H3/b13-12+,21-14?. The van der Waals surface area contributed by atoms with Crippen molar-refractivity contribution in [2.45, 2.75) is 6.92 Å². The van der Waals surface area contributed by atoms with Gasteiger partial charge in [0.2, 0.25) is 5.89 Å². The molecule has 1 heterocycles. The van der Waals surface area contributed by atoms with Crippen molar-refractivity contribution in [3.8, 4) is 22.6 Å². The van der Waals surface area contributed by atoms with Crippen LogP contribution in [0.15, 0.2) is 71.2 Å². The van der Waals surface area contributed by atoms with E-state index in [-0.39, 0.29) is 11.5 Å². The summed E-state index contributed by atoms with van der Waals surface area (Å²) in [7, 11) is 0. The number of oxazole rings is 1. The van der Waals surface area contributed by atoms with Crippen LogP contribution in [0.1, 0.15) is 12.8 Å². The minimum absolute atomic E-state index is 0.0237. The van der Waals surface area contributed by atoms with Crippen molar-refractivity contribution < 1.29 is 9.21 Å². The molecule has 0 fully saturated rings. The SMILES string of the molecule is CC(=N)C(=O)/C=C/c1nc(-c2ccccc2)c(-c2ccccc2)o1. The first-order valence-electron chi connectivity index (χ1n) is 7.54. The summed E-state index contributed by atoms with van der Waals surface area (Å²) in [5.74, 6) is 0.624. The Bertz CT molecular complexity index is 837. The van der Waals surface area contributed by atoms with Crippen LogP contribution in [0.4, 0.5) is 0 Å². The number of ketones is 1. The fraction of sp³-hybridized carbons (Fsp3) is 0.0500. The molecule has 0 saturated heterocycles. The molecule has 118 valence electrons. The van der Waals surface area contributed by atoms with Crippen molar-refractivity contribution in [1.29, 1.82) is 5.41 Å². The summed E-state index contributed by atoms with van der Waals surface area (Å²) in [6, 6.07) is 19.5. The van der Waals surface area contributed by atoms with E-state index in [0.717, 1.165) is 16.8 Å². The number of hydrogen-bond acceptors (Lipinski definition) is 4. The van der Waals surface area contributed by atoms with E-state index in [0.29, 0.717) is 11.7 Å². The van der Waals surface area contributed by atoms with Crippen LogP contribution in [0, 0.1) is 5.41 Å². The molecule has 4 nitrogen and oxygen atoms in total. The summed E-state index contributed by atoms with van der Waals surface area (Å²) in [5.41, 5.74) is 2.55. The highest BCUT2D eigenvalue weighted by molar-refractivity contribution is 6.42. The van der Waals surface area contributed by atoms with Crippen LogP contribution in [-0.2, 0) is 4.79 Å². The Kier molecular flexibility index (Phi) is 4.47. The molecule has 0 aliphatic heterocycles. The van der Waals surface area contributed by atoms with Gasteiger partial charge in [-0.05, 0) is 13.0 Å². The van der Waals surface area contributed by atoms with Crippen molar-refractivity contribution in [3.63, 3.8) is 0 Å². The predicted octanol–water partition coefficient (Wildman–Crippen LogP) is 4.63. The lowest BCUT2D eigenvalue weighted by molar-refractivity contribution is -0.108. The zero-order chi connectivity index (χ0) is 16.9. The summed E-state index contributed by atoms with van der Waals surface area (Å²) in [5, 5.41) is 7.33. The number of nitrogens with one attached hydrogen (secondary N) is 1. The minimum Gasteiger partial charge on any atom is -0.436 e. The third-order valence-corrected chi connectivity index (χ3v) is 3.47. The van der Waals surface area contributed by atoms with Gasteiger partial charge in [-0.25, -0.2) is 4.98 Å². The number of nitrogens with zero attached hydrogens (tertiary/aromatic N) is 1. The van der Waals surface area contributed by atoms with Gasteiger partial charge in [-0.15, -0.1) is 0 Å². The molecule has 2 aromatic carbocycles. The highest BCUT2D eigenvalue weighted by Gasteiger charge is 2.15. The van der Waals surface area contributed by atoms with Gasteiger partial charge in [0.15, 0.2) is 11.5 Å². The minimum atomic E-state index is -0.365. The quantitative estimate of drug-likeness (QED) is 0.551. The highest BCUT2D eigenvalue weighted by atomic mass is 16.4. The second-order valence-electron chi connectivity index (χ2n) is 5.28. The van der Waals surface area contributed by atoms with Crippen LogP contribution >= 0.6 is 0 Å². The van der Waals surface area contributed by atoms with E-state index in [2.05, 4.69) is 4.98 Å². The Hall–Kier alpha value is -3.27. The van der Waals surface area contributed by atoms with E-state index in [1.807, 2.05) is 60.7 Å². The summed E-state index contributed by atoms with van der Waals surface area (Å²) in [6.45, 7) is 1.45. The van der Waals surface area contributed by atoms with Crippen molar-refractivity contribution >= 4 is 17.6 Å². The van der Waals surface area contributed by atoms with Crippen molar-refractivity contribution in [3.05, 3.63) is 72.6 Å². The second-order valence-corrected chi connectivity index (χ2v) is 5.28. The van der Waals surface area contributed by atoms with E-state index in [9.17, 15) is 4.79 Å². The largest absolute Gasteiger partial charge is 0.436 e. The normalized spacial score (nSPS) is 10.9. The summed E-state index contributed by atoms with van der Waals surface area (Å²) >= 11 is 0. The fourth-order valence-corrected chi connectivity index (χ4v) is 2.26. The Morgan fingerprint density at radius 3 is 2.17 bits per heavy atom. The first-order chi connectivity index (χ1) is 11.6. The maximum atomic E-state index is 11.6. The molecule has 0 aliphatic rings. The highest BCUT2D eigenvalue weighted by Crippen LogP contribution is 2.32. The molecule has 3 rings (SSSR count). The molecule has 4 heteroatoms. The molecule has 24 heavy (non-hydrogen) atoms. The van der Waals surface area contributed by atoms with Gasteiger partial charge < -0.3 is 9.83 Å². The zero-order valence-electron chi connectivity index (χ0n) is 13.2. The van der Waals surface area contributed by atoms with Gasteiger partial charge in [-0.3, -0.25) is 4.79 Å². The molecular weight excluding hydrogens is 300 g/mol. The van der Waals surface area contributed by atoms with Crippen molar-refractivity contribution in [2.24, 2.45) is 0 Å². The fourth-order valence-electron chi connectivity index (χ4n) is 2.26. The van der Waals surface area contributed by atoms with Crippen molar-refractivity contribution in [1.82, 2.24) is 4.98 Å². The summed E-state index contributed by atoms with van der Waals surface area (Å²) < 4.78 is 5.86. The van der Waals surface area contributed by atoms with E-state index >= 15 is 0 Å². The number of aromatic nitrogens is 1. The number of rotatable bonds is 5. The molecule has 0 spiro atoms. The van der Waals surface area contributed by atoms with Gasteiger partial charge in [0, 0.05) is 17.2 Å². The summed E-state index contributed by atoms with van der Waals surface area (Å²) in [6.07, 6.45) is 2.80. The van der Waals surface area contributed by atoms with Crippen LogP contribution in [0.5, 0.6) is 0 Å². The molecule has 0 aliphatic carbocycles. The van der Waals surface area contributed by atoms with Gasteiger partial charge in [0.1, 0.15) is 5.69 Å². The van der Waals surface area contributed by atoms with Crippen LogP contribution < -0.4 is 0 Å². The van der Waals surface area contributed by atoms with Gasteiger partial charge in [-0.2, -0.15) is 0 Å². The summed E-state index contributed by atoms with van der Waals surface area (Å²) in [4.78, 5) is 16.1. The molecule has 0 unspecified atom stereocenters. The molecule has 0 saturated carbocycles. The molecule has 3 aromatic rings. The number of benzene rings is 2. The molecular formula is C20H16N2O2. The van der Waals surface area contributed by atoms with Crippen molar-refractivity contribution in [2.75, 3.05) is 0 Å².